The predicted molar refractivity (Wildman–Crippen MR) is 79.3 cm³/mol. The molecule has 1 amide bonds. The monoisotopic (exact) mass is 269 g/mol. The number of ether oxygens (including phenoxy) is 1. The number of carbonyl (C=O) groups is 1. The lowest BCUT2D eigenvalue weighted by atomic mass is 9.87. The van der Waals surface area contributed by atoms with Crippen molar-refractivity contribution >= 4 is 6.09 Å². The van der Waals surface area contributed by atoms with Gasteiger partial charge < -0.3 is 9.64 Å². The van der Waals surface area contributed by atoms with Crippen LogP contribution in [0.1, 0.15) is 73.1 Å². The first-order valence-corrected chi connectivity index (χ1v) is 7.79. The molecular formula is C16H31NO2. The van der Waals surface area contributed by atoms with Crippen molar-refractivity contribution in [2.24, 2.45) is 5.92 Å². The molecule has 0 aromatic rings. The summed E-state index contributed by atoms with van der Waals surface area (Å²) in [6, 6.07) is 0.207. The van der Waals surface area contributed by atoms with E-state index in [1.807, 2.05) is 25.7 Å². The van der Waals surface area contributed by atoms with Crippen LogP contribution in [0.2, 0.25) is 0 Å². The van der Waals surface area contributed by atoms with E-state index in [2.05, 4.69) is 13.8 Å². The fourth-order valence-corrected chi connectivity index (χ4v) is 2.68. The first-order valence-electron chi connectivity index (χ1n) is 7.79. The molecule has 0 bridgehead atoms. The predicted octanol–water partition coefficient (Wildman–Crippen LogP) is 4.60. The van der Waals surface area contributed by atoms with Gasteiger partial charge in [-0.25, -0.2) is 4.79 Å². The quantitative estimate of drug-likeness (QED) is 0.746. The molecule has 1 aliphatic rings. The second kappa shape index (κ2) is 7.16. The fourth-order valence-electron chi connectivity index (χ4n) is 2.68. The van der Waals surface area contributed by atoms with E-state index >= 15 is 0 Å². The Bertz CT molecular complexity index is 275. The van der Waals surface area contributed by atoms with Gasteiger partial charge in [0.2, 0.25) is 0 Å². The minimum Gasteiger partial charge on any atom is -0.444 e. The third kappa shape index (κ3) is 6.31. The van der Waals surface area contributed by atoms with Gasteiger partial charge >= 0.3 is 6.09 Å². The van der Waals surface area contributed by atoms with Crippen LogP contribution in [0, 0.1) is 5.92 Å². The molecule has 0 N–H and O–H groups in total. The van der Waals surface area contributed by atoms with Crippen LogP contribution >= 0.6 is 0 Å². The molecule has 0 aromatic heterocycles. The molecule has 112 valence electrons. The van der Waals surface area contributed by atoms with E-state index in [9.17, 15) is 4.79 Å². The highest BCUT2D eigenvalue weighted by molar-refractivity contribution is 5.68. The summed E-state index contributed by atoms with van der Waals surface area (Å²) in [4.78, 5) is 14.1. The van der Waals surface area contributed by atoms with Crippen LogP contribution in [0.5, 0.6) is 0 Å². The van der Waals surface area contributed by atoms with Crippen LogP contribution in [0.25, 0.3) is 0 Å². The third-order valence-corrected chi connectivity index (χ3v) is 3.75. The average molecular weight is 269 g/mol. The van der Waals surface area contributed by atoms with E-state index in [-0.39, 0.29) is 12.1 Å². The SMILES string of the molecule is CC(C)N(CCC1CCCCC1)C(=O)OC(C)(C)C. The number of nitrogens with zero attached hydrogens (tertiary/aromatic N) is 1. The summed E-state index contributed by atoms with van der Waals surface area (Å²) in [5.74, 6) is 0.803. The Labute approximate surface area is 118 Å². The number of rotatable bonds is 4. The smallest absolute Gasteiger partial charge is 0.410 e. The summed E-state index contributed by atoms with van der Waals surface area (Å²) >= 11 is 0. The van der Waals surface area contributed by atoms with Crippen molar-refractivity contribution < 1.29 is 9.53 Å². The Kier molecular flexibility index (Phi) is 6.15. The molecule has 0 unspecified atom stereocenters. The topological polar surface area (TPSA) is 29.5 Å². The van der Waals surface area contributed by atoms with Crippen LogP contribution in [-0.2, 0) is 4.74 Å². The van der Waals surface area contributed by atoms with E-state index < -0.39 is 5.60 Å². The maximum absolute atomic E-state index is 12.2. The zero-order chi connectivity index (χ0) is 14.5. The van der Waals surface area contributed by atoms with Gasteiger partial charge in [-0.3, -0.25) is 0 Å². The van der Waals surface area contributed by atoms with Gasteiger partial charge in [0, 0.05) is 12.6 Å². The van der Waals surface area contributed by atoms with Gasteiger partial charge in [-0.2, -0.15) is 0 Å². The summed E-state index contributed by atoms with van der Waals surface area (Å²) in [5.41, 5.74) is -0.408. The van der Waals surface area contributed by atoms with Gasteiger partial charge in [-0.05, 0) is 47.0 Å². The number of hydrogen-bond donors (Lipinski definition) is 0. The Balaban J connectivity index is 2.45. The molecule has 0 spiro atoms. The fraction of sp³-hybridized carbons (Fsp3) is 0.938. The second-order valence-corrected chi connectivity index (χ2v) is 7.06. The highest BCUT2D eigenvalue weighted by Gasteiger charge is 2.25. The molecule has 0 atom stereocenters. The van der Waals surface area contributed by atoms with Crippen LogP contribution in [0.15, 0.2) is 0 Å². The first kappa shape index (κ1) is 16.3. The van der Waals surface area contributed by atoms with Crippen molar-refractivity contribution in [1.82, 2.24) is 4.90 Å². The molecule has 0 saturated heterocycles. The van der Waals surface area contributed by atoms with Gasteiger partial charge in [-0.15, -0.1) is 0 Å². The van der Waals surface area contributed by atoms with E-state index in [4.69, 9.17) is 4.74 Å². The van der Waals surface area contributed by atoms with Crippen LogP contribution in [0.3, 0.4) is 0 Å². The molecule has 0 radical (unpaired) electrons. The summed E-state index contributed by atoms with van der Waals surface area (Å²) in [7, 11) is 0. The van der Waals surface area contributed by atoms with Gasteiger partial charge in [0.25, 0.3) is 0 Å². The summed E-state index contributed by atoms with van der Waals surface area (Å²) in [6.45, 7) is 10.7. The highest BCUT2D eigenvalue weighted by Crippen LogP contribution is 2.27. The summed E-state index contributed by atoms with van der Waals surface area (Å²) < 4.78 is 5.49. The molecule has 0 heterocycles. The normalized spacial score (nSPS) is 17.6. The number of carbonyl (C=O) groups excluding carboxylic acids is 1. The van der Waals surface area contributed by atoms with Crippen molar-refractivity contribution in [3.63, 3.8) is 0 Å². The average Bonchev–Trinajstić information content (AvgIpc) is 2.27. The molecule has 19 heavy (non-hydrogen) atoms. The van der Waals surface area contributed by atoms with Crippen molar-refractivity contribution in [3.05, 3.63) is 0 Å². The standard InChI is InChI=1S/C16H31NO2/c1-13(2)17(15(18)19-16(3,4)5)12-11-14-9-7-6-8-10-14/h13-14H,6-12H2,1-5H3. The summed E-state index contributed by atoms with van der Waals surface area (Å²) in [6.07, 6.45) is 7.73. The van der Waals surface area contributed by atoms with Crippen LogP contribution in [-0.4, -0.2) is 29.2 Å². The van der Waals surface area contributed by atoms with E-state index in [0.717, 1.165) is 18.9 Å². The lowest BCUT2D eigenvalue weighted by Crippen LogP contribution is -2.42. The largest absolute Gasteiger partial charge is 0.444 e. The minimum atomic E-state index is -0.408. The van der Waals surface area contributed by atoms with Crippen molar-refractivity contribution in [2.75, 3.05) is 6.54 Å². The molecular weight excluding hydrogens is 238 g/mol. The third-order valence-electron chi connectivity index (χ3n) is 3.75. The van der Waals surface area contributed by atoms with Crippen molar-refractivity contribution in [1.29, 1.82) is 0 Å². The van der Waals surface area contributed by atoms with E-state index in [0.29, 0.717) is 0 Å². The molecule has 0 aliphatic heterocycles. The lowest BCUT2D eigenvalue weighted by Gasteiger charge is -2.32. The van der Waals surface area contributed by atoms with Gasteiger partial charge in [0.05, 0.1) is 0 Å². The molecule has 3 heteroatoms. The Morgan fingerprint density at radius 3 is 2.26 bits per heavy atom. The molecule has 1 rings (SSSR count). The lowest BCUT2D eigenvalue weighted by molar-refractivity contribution is 0.0176. The summed E-state index contributed by atoms with van der Waals surface area (Å²) in [5, 5.41) is 0. The van der Waals surface area contributed by atoms with E-state index in [1.165, 1.54) is 32.1 Å². The molecule has 0 aromatic carbocycles. The molecule has 1 saturated carbocycles. The molecule has 3 nitrogen and oxygen atoms in total. The van der Waals surface area contributed by atoms with E-state index in [1.54, 1.807) is 0 Å². The number of hydrogen-bond acceptors (Lipinski definition) is 2. The van der Waals surface area contributed by atoms with Gasteiger partial charge in [0.1, 0.15) is 5.60 Å². The second-order valence-electron chi connectivity index (χ2n) is 7.06. The number of amides is 1. The maximum atomic E-state index is 12.2. The van der Waals surface area contributed by atoms with Crippen LogP contribution in [0.4, 0.5) is 4.79 Å². The molecule has 1 fully saturated rings. The Morgan fingerprint density at radius 2 is 1.79 bits per heavy atom. The van der Waals surface area contributed by atoms with Gasteiger partial charge in [-0.1, -0.05) is 32.1 Å². The Hall–Kier alpha value is -0.730. The molecule has 1 aliphatic carbocycles. The highest BCUT2D eigenvalue weighted by atomic mass is 16.6. The van der Waals surface area contributed by atoms with Crippen LogP contribution < -0.4 is 0 Å². The maximum Gasteiger partial charge on any atom is 0.410 e. The minimum absolute atomic E-state index is 0.168. The van der Waals surface area contributed by atoms with Crippen molar-refractivity contribution in [3.8, 4) is 0 Å². The zero-order valence-electron chi connectivity index (χ0n) is 13.4. The van der Waals surface area contributed by atoms with Crippen molar-refractivity contribution in [2.45, 2.75) is 84.8 Å². The van der Waals surface area contributed by atoms with Gasteiger partial charge in [0.15, 0.2) is 0 Å². The zero-order valence-corrected chi connectivity index (χ0v) is 13.4. The first-order chi connectivity index (χ1) is 8.79. The Morgan fingerprint density at radius 1 is 1.21 bits per heavy atom.